The quantitative estimate of drug-likeness (QED) is 0.534. The Morgan fingerprint density at radius 2 is 2.45 bits per heavy atom. The van der Waals surface area contributed by atoms with Crippen LogP contribution in [0, 0.1) is 0 Å². The number of ether oxygens (including phenoxy) is 1. The van der Waals surface area contributed by atoms with E-state index in [9.17, 15) is 9.18 Å². The number of methoxy groups -OCH3 is 1. The SMILES string of the molecule is COC(=O)C1=CC(F)=IC=C1. The van der Waals surface area contributed by atoms with E-state index in [-0.39, 0.29) is 9.34 Å². The van der Waals surface area contributed by atoms with Crippen LogP contribution in [0.5, 0.6) is 0 Å². The molecular weight excluding hydrogens is 262 g/mol. The van der Waals surface area contributed by atoms with Crippen molar-refractivity contribution < 1.29 is 13.9 Å². The van der Waals surface area contributed by atoms with Gasteiger partial charge in [0.15, 0.2) is 3.76 Å². The molecule has 0 saturated heterocycles. The van der Waals surface area contributed by atoms with Gasteiger partial charge in [-0.05, 0) is 16.2 Å². The number of esters is 1. The van der Waals surface area contributed by atoms with E-state index in [1.807, 2.05) is 0 Å². The fourth-order valence-corrected chi connectivity index (χ4v) is 2.03. The van der Waals surface area contributed by atoms with Crippen LogP contribution in [0.15, 0.2) is 21.8 Å². The van der Waals surface area contributed by atoms with Gasteiger partial charge in [0.25, 0.3) is 0 Å². The first-order chi connectivity index (χ1) is 5.24. The number of rotatable bonds is 1. The number of halogens is 2. The van der Waals surface area contributed by atoms with Gasteiger partial charge in [-0.25, -0.2) is 9.18 Å². The van der Waals surface area contributed by atoms with E-state index >= 15 is 0 Å². The highest BCUT2D eigenvalue weighted by Gasteiger charge is 2.08. The Morgan fingerprint density at radius 1 is 1.73 bits per heavy atom. The summed E-state index contributed by atoms with van der Waals surface area (Å²) in [6, 6.07) is 0. The van der Waals surface area contributed by atoms with E-state index < -0.39 is 26.7 Å². The highest BCUT2D eigenvalue weighted by Crippen LogP contribution is 2.16. The van der Waals surface area contributed by atoms with Crippen molar-refractivity contribution in [2.75, 3.05) is 7.11 Å². The molecule has 2 nitrogen and oxygen atoms in total. The first-order valence-corrected chi connectivity index (χ1v) is 5.19. The molecule has 0 saturated carbocycles. The van der Waals surface area contributed by atoms with Crippen molar-refractivity contribution in [3.05, 3.63) is 21.8 Å². The van der Waals surface area contributed by atoms with E-state index in [0.717, 1.165) is 0 Å². The van der Waals surface area contributed by atoms with Crippen molar-refractivity contribution in [2.45, 2.75) is 0 Å². The fourth-order valence-electron chi connectivity index (χ4n) is 0.602. The standard InChI is InChI=1S/C7H6FIO2/c1-11-7(10)5-2-3-9-6(8)4-5/h2-4H,1H3. The van der Waals surface area contributed by atoms with Gasteiger partial charge in [-0.15, -0.1) is 0 Å². The molecule has 4 heteroatoms. The normalized spacial score (nSPS) is 16.2. The molecule has 1 aliphatic heterocycles. The highest BCUT2D eigenvalue weighted by atomic mass is 127. The van der Waals surface area contributed by atoms with E-state index in [1.54, 1.807) is 10.2 Å². The van der Waals surface area contributed by atoms with Crippen molar-refractivity contribution in [1.29, 1.82) is 0 Å². The van der Waals surface area contributed by atoms with Crippen molar-refractivity contribution in [3.63, 3.8) is 0 Å². The molecule has 60 valence electrons. The lowest BCUT2D eigenvalue weighted by Crippen LogP contribution is -2.04. The Hall–Kier alpha value is -0.520. The molecular formula is C7H6FIO2. The average Bonchev–Trinajstić information content (AvgIpc) is 2.03. The summed E-state index contributed by atoms with van der Waals surface area (Å²) in [5.41, 5.74) is 0.288. The predicted octanol–water partition coefficient (Wildman–Crippen LogP) is 1.68. The summed E-state index contributed by atoms with van der Waals surface area (Å²) in [5, 5.41) is 0. The number of hydrogen-bond acceptors (Lipinski definition) is 2. The largest absolute Gasteiger partial charge is 0.465 e. The maximum atomic E-state index is 12.6. The van der Waals surface area contributed by atoms with Gasteiger partial charge in [0.2, 0.25) is 0 Å². The molecule has 0 fully saturated rings. The van der Waals surface area contributed by atoms with E-state index in [1.165, 1.54) is 13.2 Å². The summed E-state index contributed by atoms with van der Waals surface area (Å²) >= 11 is -0.621. The molecule has 0 bridgehead atoms. The summed E-state index contributed by atoms with van der Waals surface area (Å²) in [4.78, 5) is 10.8. The van der Waals surface area contributed by atoms with Gasteiger partial charge in [-0.3, -0.25) is 0 Å². The van der Waals surface area contributed by atoms with Crippen LogP contribution in [0.3, 0.4) is 0 Å². The molecule has 1 aliphatic rings. The number of carbonyl (C=O) groups is 1. The Bertz CT molecular complexity index is 266. The van der Waals surface area contributed by atoms with Crippen LogP contribution in [0.4, 0.5) is 4.39 Å². The maximum Gasteiger partial charge on any atom is 0.337 e. The topological polar surface area (TPSA) is 26.3 Å². The lowest BCUT2D eigenvalue weighted by molar-refractivity contribution is -0.135. The molecule has 0 aromatic heterocycles. The Labute approximate surface area is 73.5 Å². The third-order valence-electron chi connectivity index (χ3n) is 1.10. The van der Waals surface area contributed by atoms with Gasteiger partial charge >= 0.3 is 5.97 Å². The van der Waals surface area contributed by atoms with Gasteiger partial charge in [0.1, 0.15) is 0 Å². The molecule has 0 N–H and O–H groups in total. The third-order valence-corrected chi connectivity index (χ3v) is 2.72. The Morgan fingerprint density at radius 3 is 3.00 bits per heavy atom. The molecule has 0 radical (unpaired) electrons. The summed E-state index contributed by atoms with van der Waals surface area (Å²) in [6.45, 7) is 0. The van der Waals surface area contributed by atoms with Gasteiger partial charge in [-0.1, -0.05) is 20.7 Å². The molecule has 0 aromatic rings. The van der Waals surface area contributed by atoms with Gasteiger partial charge in [0.05, 0.1) is 12.7 Å². The second kappa shape index (κ2) is 3.75. The first kappa shape index (κ1) is 8.58. The van der Waals surface area contributed by atoms with E-state index in [4.69, 9.17) is 0 Å². The molecule has 11 heavy (non-hydrogen) atoms. The van der Waals surface area contributed by atoms with Crippen molar-refractivity contribution in [2.24, 2.45) is 0 Å². The minimum Gasteiger partial charge on any atom is -0.465 e. The number of hydrogen-bond donors (Lipinski definition) is 0. The zero-order valence-electron chi connectivity index (χ0n) is 5.80. The van der Waals surface area contributed by atoms with Crippen LogP contribution in [-0.2, 0) is 9.53 Å². The van der Waals surface area contributed by atoms with Crippen molar-refractivity contribution >= 4 is 30.5 Å². The van der Waals surface area contributed by atoms with Crippen molar-refractivity contribution in [1.82, 2.24) is 0 Å². The Kier molecular flexibility index (Phi) is 2.92. The summed E-state index contributed by atoms with van der Waals surface area (Å²) in [7, 11) is 1.28. The number of carbonyl (C=O) groups excluding carboxylic acids is 1. The van der Waals surface area contributed by atoms with E-state index in [2.05, 4.69) is 4.74 Å². The second-order valence-corrected chi connectivity index (χ2v) is 4.16. The van der Waals surface area contributed by atoms with Gasteiger partial charge in [0, 0.05) is 0 Å². The van der Waals surface area contributed by atoms with Gasteiger partial charge in [-0.2, -0.15) is 0 Å². The minimum absolute atomic E-state index is 0.202. The summed E-state index contributed by atoms with van der Waals surface area (Å²) in [5.74, 6) is -0.486. The van der Waals surface area contributed by atoms with Crippen LogP contribution >= 0.6 is 20.7 Å². The Balaban J connectivity index is 2.84. The van der Waals surface area contributed by atoms with Gasteiger partial charge < -0.3 is 4.74 Å². The van der Waals surface area contributed by atoms with Crippen LogP contribution in [0.2, 0.25) is 0 Å². The average molecular weight is 268 g/mol. The zero-order valence-corrected chi connectivity index (χ0v) is 7.96. The molecule has 0 unspecified atom stereocenters. The first-order valence-electron chi connectivity index (χ1n) is 2.86. The fraction of sp³-hybridized carbons (Fsp3) is 0.143. The number of allylic oxidation sites excluding steroid dienone is 1. The van der Waals surface area contributed by atoms with Crippen LogP contribution in [0.25, 0.3) is 0 Å². The van der Waals surface area contributed by atoms with Crippen molar-refractivity contribution in [3.8, 4) is 0 Å². The molecule has 0 amide bonds. The molecule has 0 atom stereocenters. The lowest BCUT2D eigenvalue weighted by Gasteiger charge is -2.00. The zero-order chi connectivity index (χ0) is 8.27. The molecule has 0 aromatic carbocycles. The predicted molar refractivity (Wildman–Crippen MR) is 49.4 cm³/mol. The highest BCUT2D eigenvalue weighted by molar-refractivity contribution is 14.2. The van der Waals surface area contributed by atoms with Crippen LogP contribution in [0.1, 0.15) is 0 Å². The monoisotopic (exact) mass is 268 g/mol. The molecule has 1 rings (SSSR count). The molecule has 0 aliphatic carbocycles. The van der Waals surface area contributed by atoms with Crippen LogP contribution < -0.4 is 0 Å². The molecule has 0 spiro atoms. The lowest BCUT2D eigenvalue weighted by atomic mass is 10.2. The smallest absolute Gasteiger partial charge is 0.337 e. The second-order valence-electron chi connectivity index (χ2n) is 1.78. The summed E-state index contributed by atoms with van der Waals surface area (Å²) < 4.78 is 18.5. The molecule has 1 heterocycles. The minimum atomic E-state index is -0.621. The third kappa shape index (κ3) is 2.21. The summed E-state index contributed by atoms with van der Waals surface area (Å²) in [6.07, 6.45) is 2.83. The van der Waals surface area contributed by atoms with Crippen LogP contribution in [-0.4, -0.2) is 16.8 Å². The maximum absolute atomic E-state index is 12.6. The van der Waals surface area contributed by atoms with E-state index in [0.29, 0.717) is 0 Å².